The van der Waals surface area contributed by atoms with Gasteiger partial charge in [-0.3, -0.25) is 9.59 Å². The maximum atomic E-state index is 12.3. The molecule has 0 atom stereocenters. The molecular formula is C23H18N2O3. The minimum Gasteiger partial charge on any atom is -0.426 e. The monoisotopic (exact) mass is 370 g/mol. The van der Waals surface area contributed by atoms with Gasteiger partial charge in [0.05, 0.1) is 6.42 Å². The predicted molar refractivity (Wildman–Crippen MR) is 108 cm³/mol. The van der Waals surface area contributed by atoms with Gasteiger partial charge < -0.3 is 15.0 Å². The molecule has 1 amide bonds. The molecule has 0 spiro atoms. The summed E-state index contributed by atoms with van der Waals surface area (Å²) in [7, 11) is 0. The van der Waals surface area contributed by atoms with Crippen LogP contribution in [0.2, 0.25) is 0 Å². The third-order valence-corrected chi connectivity index (χ3v) is 4.39. The molecule has 0 aliphatic rings. The van der Waals surface area contributed by atoms with E-state index in [1.165, 1.54) is 0 Å². The second kappa shape index (κ2) is 7.80. The fourth-order valence-corrected chi connectivity index (χ4v) is 3.00. The molecule has 0 saturated carbocycles. The Morgan fingerprint density at radius 3 is 2.36 bits per heavy atom. The van der Waals surface area contributed by atoms with Crippen molar-refractivity contribution < 1.29 is 14.3 Å². The Morgan fingerprint density at radius 2 is 1.57 bits per heavy atom. The average Bonchev–Trinajstić information content (AvgIpc) is 3.13. The van der Waals surface area contributed by atoms with E-state index in [4.69, 9.17) is 4.74 Å². The molecule has 4 rings (SSSR count). The van der Waals surface area contributed by atoms with E-state index in [0.717, 1.165) is 16.5 Å². The van der Waals surface area contributed by atoms with E-state index in [1.54, 1.807) is 36.4 Å². The van der Waals surface area contributed by atoms with Crippen molar-refractivity contribution in [1.29, 1.82) is 0 Å². The zero-order valence-electron chi connectivity index (χ0n) is 15.0. The molecule has 5 heteroatoms. The van der Waals surface area contributed by atoms with Crippen molar-refractivity contribution in [3.63, 3.8) is 0 Å². The van der Waals surface area contributed by atoms with Gasteiger partial charge in [-0.05, 0) is 48.0 Å². The smallest absolute Gasteiger partial charge is 0.315 e. The number of nitrogens with one attached hydrogen (secondary N) is 2. The summed E-state index contributed by atoms with van der Waals surface area (Å²) in [5.74, 6) is -0.0990. The van der Waals surface area contributed by atoms with E-state index >= 15 is 0 Å². The maximum Gasteiger partial charge on any atom is 0.315 e. The molecule has 0 bridgehead atoms. The Labute approximate surface area is 162 Å². The van der Waals surface area contributed by atoms with E-state index in [-0.39, 0.29) is 18.3 Å². The standard InChI is InChI=1S/C23H18N2O3/c26-22(14-17-15-24-21-9-5-4-8-20(17)21)28-19-12-10-18(11-13-19)25-23(27)16-6-2-1-3-7-16/h1-13,15,24H,14H2,(H,25,27). The molecule has 4 aromatic rings. The third-order valence-electron chi connectivity index (χ3n) is 4.39. The summed E-state index contributed by atoms with van der Waals surface area (Å²) in [6, 6.07) is 23.5. The number of amides is 1. The number of aromatic nitrogens is 1. The molecule has 138 valence electrons. The molecule has 0 unspecified atom stereocenters. The number of H-pyrrole nitrogens is 1. The van der Waals surface area contributed by atoms with Crippen LogP contribution in [0.4, 0.5) is 5.69 Å². The number of fused-ring (bicyclic) bond motifs is 1. The molecule has 1 aromatic heterocycles. The van der Waals surface area contributed by atoms with Crippen molar-refractivity contribution in [3.8, 4) is 5.75 Å². The van der Waals surface area contributed by atoms with Crippen LogP contribution in [0, 0.1) is 0 Å². The average molecular weight is 370 g/mol. The summed E-state index contributed by atoms with van der Waals surface area (Å²) >= 11 is 0. The highest BCUT2D eigenvalue weighted by molar-refractivity contribution is 6.04. The Hall–Kier alpha value is -3.86. The maximum absolute atomic E-state index is 12.3. The molecule has 0 aliphatic heterocycles. The lowest BCUT2D eigenvalue weighted by molar-refractivity contribution is -0.133. The highest BCUT2D eigenvalue weighted by Gasteiger charge is 2.11. The van der Waals surface area contributed by atoms with Gasteiger partial charge in [-0.25, -0.2) is 0 Å². The van der Waals surface area contributed by atoms with Crippen LogP contribution in [0.15, 0.2) is 85.1 Å². The number of esters is 1. The normalized spacial score (nSPS) is 10.6. The molecule has 0 aliphatic carbocycles. The second-order valence-corrected chi connectivity index (χ2v) is 6.35. The topological polar surface area (TPSA) is 71.2 Å². The van der Waals surface area contributed by atoms with Crippen molar-refractivity contribution in [3.05, 3.63) is 96.2 Å². The lowest BCUT2D eigenvalue weighted by atomic mass is 10.1. The van der Waals surface area contributed by atoms with E-state index in [0.29, 0.717) is 17.0 Å². The van der Waals surface area contributed by atoms with Gasteiger partial charge in [0.15, 0.2) is 0 Å². The number of rotatable bonds is 5. The van der Waals surface area contributed by atoms with Crippen molar-refractivity contribution in [2.45, 2.75) is 6.42 Å². The Kier molecular flexibility index (Phi) is 4.89. The number of benzene rings is 3. The molecule has 1 heterocycles. The first-order valence-electron chi connectivity index (χ1n) is 8.91. The Bertz CT molecular complexity index is 1120. The first-order valence-corrected chi connectivity index (χ1v) is 8.91. The van der Waals surface area contributed by atoms with E-state index in [1.807, 2.05) is 48.7 Å². The van der Waals surface area contributed by atoms with Crippen LogP contribution in [-0.4, -0.2) is 16.9 Å². The van der Waals surface area contributed by atoms with Crippen LogP contribution in [0.5, 0.6) is 5.75 Å². The Balaban J connectivity index is 1.37. The highest BCUT2D eigenvalue weighted by atomic mass is 16.5. The number of aromatic amines is 1. The fraction of sp³-hybridized carbons (Fsp3) is 0.0435. The van der Waals surface area contributed by atoms with E-state index in [9.17, 15) is 9.59 Å². The summed E-state index contributed by atoms with van der Waals surface area (Å²) in [6.45, 7) is 0. The number of carbonyl (C=O) groups excluding carboxylic acids is 2. The number of hydrogen-bond donors (Lipinski definition) is 2. The molecule has 28 heavy (non-hydrogen) atoms. The lowest BCUT2D eigenvalue weighted by Gasteiger charge is -2.07. The van der Waals surface area contributed by atoms with Crippen LogP contribution in [0.3, 0.4) is 0 Å². The third kappa shape index (κ3) is 3.94. The summed E-state index contributed by atoms with van der Waals surface area (Å²) in [5, 5.41) is 3.82. The summed E-state index contributed by atoms with van der Waals surface area (Å²) in [4.78, 5) is 27.6. The van der Waals surface area contributed by atoms with Gasteiger partial charge in [0.1, 0.15) is 5.75 Å². The first-order chi connectivity index (χ1) is 13.7. The molecular weight excluding hydrogens is 352 g/mol. The fourth-order valence-electron chi connectivity index (χ4n) is 3.00. The predicted octanol–water partition coefficient (Wildman–Crippen LogP) is 4.57. The largest absolute Gasteiger partial charge is 0.426 e. The van der Waals surface area contributed by atoms with Gasteiger partial charge in [-0.1, -0.05) is 36.4 Å². The zero-order valence-corrected chi connectivity index (χ0v) is 15.0. The molecule has 2 N–H and O–H groups in total. The van der Waals surface area contributed by atoms with Gasteiger partial charge in [0, 0.05) is 28.4 Å². The summed E-state index contributed by atoms with van der Waals surface area (Å²) in [5.41, 5.74) is 3.10. The van der Waals surface area contributed by atoms with E-state index in [2.05, 4.69) is 10.3 Å². The minimum atomic E-state index is -0.342. The molecule has 0 radical (unpaired) electrons. The van der Waals surface area contributed by atoms with Crippen LogP contribution in [0.25, 0.3) is 10.9 Å². The van der Waals surface area contributed by atoms with Crippen LogP contribution >= 0.6 is 0 Å². The van der Waals surface area contributed by atoms with Crippen LogP contribution in [-0.2, 0) is 11.2 Å². The number of ether oxygens (including phenoxy) is 1. The van der Waals surface area contributed by atoms with Gasteiger partial charge in [-0.15, -0.1) is 0 Å². The SMILES string of the molecule is O=C(Cc1c[nH]c2ccccc12)Oc1ccc(NC(=O)c2ccccc2)cc1. The lowest BCUT2D eigenvalue weighted by Crippen LogP contribution is -2.12. The van der Waals surface area contributed by atoms with Gasteiger partial charge in [0.2, 0.25) is 0 Å². The molecule has 3 aromatic carbocycles. The zero-order chi connectivity index (χ0) is 19.3. The van der Waals surface area contributed by atoms with Crippen molar-refractivity contribution in [1.82, 2.24) is 4.98 Å². The second-order valence-electron chi connectivity index (χ2n) is 6.35. The number of hydrogen-bond acceptors (Lipinski definition) is 3. The number of carbonyl (C=O) groups is 2. The number of anilines is 1. The van der Waals surface area contributed by atoms with Gasteiger partial charge in [0.25, 0.3) is 5.91 Å². The Morgan fingerprint density at radius 1 is 0.857 bits per heavy atom. The number of para-hydroxylation sites is 1. The summed E-state index contributed by atoms with van der Waals surface area (Å²) < 4.78 is 5.42. The van der Waals surface area contributed by atoms with Crippen LogP contribution in [0.1, 0.15) is 15.9 Å². The molecule has 5 nitrogen and oxygen atoms in total. The minimum absolute atomic E-state index is 0.177. The first kappa shape index (κ1) is 17.5. The van der Waals surface area contributed by atoms with Crippen molar-refractivity contribution >= 4 is 28.5 Å². The van der Waals surface area contributed by atoms with Crippen molar-refractivity contribution in [2.75, 3.05) is 5.32 Å². The molecule has 0 saturated heterocycles. The summed E-state index contributed by atoms with van der Waals surface area (Å²) in [6.07, 6.45) is 2.00. The van der Waals surface area contributed by atoms with Gasteiger partial charge >= 0.3 is 5.97 Å². The quantitative estimate of drug-likeness (QED) is 0.399. The molecule has 0 fully saturated rings. The highest BCUT2D eigenvalue weighted by Crippen LogP contribution is 2.20. The van der Waals surface area contributed by atoms with Crippen LogP contribution < -0.4 is 10.1 Å². The van der Waals surface area contributed by atoms with Crippen molar-refractivity contribution in [2.24, 2.45) is 0 Å². The van der Waals surface area contributed by atoms with Gasteiger partial charge in [-0.2, -0.15) is 0 Å². The van der Waals surface area contributed by atoms with E-state index < -0.39 is 0 Å².